The molecule has 0 amide bonds. The number of fused-ring (bicyclic) bond motifs is 1. The summed E-state index contributed by atoms with van der Waals surface area (Å²) in [6, 6.07) is 9.10. The van der Waals surface area contributed by atoms with E-state index in [1.165, 1.54) is 0 Å². The van der Waals surface area contributed by atoms with Crippen LogP contribution in [0.2, 0.25) is 0 Å². The van der Waals surface area contributed by atoms with Crippen LogP contribution in [0.3, 0.4) is 0 Å². The van der Waals surface area contributed by atoms with Crippen molar-refractivity contribution in [1.82, 2.24) is 0 Å². The molecule has 116 valence electrons. The Kier molecular flexibility index (Phi) is 3.81. The van der Waals surface area contributed by atoms with Gasteiger partial charge in [-0.2, -0.15) is 0 Å². The summed E-state index contributed by atoms with van der Waals surface area (Å²) in [5, 5.41) is 21.9. The fourth-order valence-electron chi connectivity index (χ4n) is 3.05. The first-order chi connectivity index (χ1) is 10.6. The molecule has 1 aliphatic heterocycles. The molecule has 0 bridgehead atoms. The Bertz CT molecular complexity index is 699. The van der Waals surface area contributed by atoms with Gasteiger partial charge >= 0.3 is 0 Å². The van der Waals surface area contributed by atoms with Crippen molar-refractivity contribution >= 4 is 0 Å². The Balaban J connectivity index is 2.08. The first-order valence-electron chi connectivity index (χ1n) is 7.22. The highest BCUT2D eigenvalue weighted by molar-refractivity contribution is 5.52. The Labute approximate surface area is 129 Å². The SMILES string of the molecule is COc1cc([C@@H]2C[NH2+]Cc3cc(O)c(OC)cc32)ccc1O. The molecule has 0 aliphatic carbocycles. The topological polar surface area (TPSA) is 75.5 Å². The van der Waals surface area contributed by atoms with Gasteiger partial charge in [0.25, 0.3) is 0 Å². The van der Waals surface area contributed by atoms with Crippen molar-refractivity contribution in [3.05, 3.63) is 47.0 Å². The predicted molar refractivity (Wildman–Crippen MR) is 81.7 cm³/mol. The van der Waals surface area contributed by atoms with Gasteiger partial charge in [-0.3, -0.25) is 0 Å². The standard InChI is InChI=1S/C17H19NO4/c1-21-16-6-10(3-4-14(16)19)13-9-18-8-11-5-15(20)17(22-2)7-12(11)13/h3-7,13,18-20H,8-9H2,1-2H3/p+1/t13-/m0/s1. The molecule has 0 radical (unpaired) electrons. The average Bonchev–Trinajstić information content (AvgIpc) is 2.54. The molecule has 1 atom stereocenters. The Hall–Kier alpha value is -2.40. The molecule has 0 unspecified atom stereocenters. The molecule has 5 nitrogen and oxygen atoms in total. The van der Waals surface area contributed by atoms with Crippen molar-refractivity contribution in [2.75, 3.05) is 20.8 Å². The van der Waals surface area contributed by atoms with Crippen molar-refractivity contribution in [2.45, 2.75) is 12.5 Å². The first-order valence-corrected chi connectivity index (χ1v) is 7.22. The molecule has 2 aromatic carbocycles. The number of methoxy groups -OCH3 is 2. The van der Waals surface area contributed by atoms with Crippen LogP contribution in [0.5, 0.6) is 23.0 Å². The number of phenolic OH excluding ortho intramolecular Hbond substituents is 2. The number of aromatic hydroxyl groups is 2. The lowest BCUT2D eigenvalue weighted by Crippen LogP contribution is -2.85. The third kappa shape index (κ3) is 2.44. The molecule has 2 aromatic rings. The molecular weight excluding hydrogens is 282 g/mol. The number of hydrogen-bond acceptors (Lipinski definition) is 4. The lowest BCUT2D eigenvalue weighted by molar-refractivity contribution is -0.675. The average molecular weight is 302 g/mol. The second-order valence-corrected chi connectivity index (χ2v) is 5.44. The lowest BCUT2D eigenvalue weighted by atomic mass is 9.85. The first kappa shape index (κ1) is 14.5. The van der Waals surface area contributed by atoms with Crippen molar-refractivity contribution in [3.8, 4) is 23.0 Å². The molecule has 5 heteroatoms. The summed E-state index contributed by atoms with van der Waals surface area (Å²) in [6.07, 6.45) is 0. The van der Waals surface area contributed by atoms with Crippen LogP contribution < -0.4 is 14.8 Å². The van der Waals surface area contributed by atoms with Crippen molar-refractivity contribution in [3.63, 3.8) is 0 Å². The van der Waals surface area contributed by atoms with Gasteiger partial charge in [0.05, 0.1) is 26.7 Å². The zero-order valence-electron chi connectivity index (χ0n) is 12.7. The number of benzene rings is 2. The maximum Gasteiger partial charge on any atom is 0.160 e. The van der Waals surface area contributed by atoms with Crippen LogP contribution in [0.4, 0.5) is 0 Å². The second-order valence-electron chi connectivity index (χ2n) is 5.44. The number of hydrogen-bond donors (Lipinski definition) is 3. The summed E-state index contributed by atoms with van der Waals surface area (Å²) >= 11 is 0. The molecule has 3 rings (SSSR count). The molecule has 0 spiro atoms. The molecule has 0 fully saturated rings. The highest BCUT2D eigenvalue weighted by atomic mass is 16.5. The van der Waals surface area contributed by atoms with E-state index in [9.17, 15) is 10.2 Å². The molecule has 0 saturated carbocycles. The van der Waals surface area contributed by atoms with E-state index in [0.29, 0.717) is 11.5 Å². The van der Waals surface area contributed by atoms with Crippen LogP contribution in [0, 0.1) is 0 Å². The fraction of sp³-hybridized carbons (Fsp3) is 0.294. The number of rotatable bonds is 3. The molecular formula is C17H20NO4+. The maximum absolute atomic E-state index is 9.95. The van der Waals surface area contributed by atoms with E-state index in [0.717, 1.165) is 29.8 Å². The Morgan fingerprint density at radius 2 is 1.73 bits per heavy atom. The largest absolute Gasteiger partial charge is 0.504 e. The van der Waals surface area contributed by atoms with Crippen LogP contribution in [0.25, 0.3) is 0 Å². The summed E-state index contributed by atoms with van der Waals surface area (Å²) in [5.41, 5.74) is 3.31. The molecule has 22 heavy (non-hydrogen) atoms. The summed E-state index contributed by atoms with van der Waals surface area (Å²) in [4.78, 5) is 0. The number of quaternary nitrogens is 1. The quantitative estimate of drug-likeness (QED) is 0.799. The third-order valence-corrected chi connectivity index (χ3v) is 4.19. The highest BCUT2D eigenvalue weighted by Crippen LogP contribution is 2.38. The Morgan fingerprint density at radius 1 is 1.00 bits per heavy atom. The van der Waals surface area contributed by atoms with Gasteiger partial charge in [0.1, 0.15) is 6.54 Å². The zero-order valence-corrected chi connectivity index (χ0v) is 12.7. The van der Waals surface area contributed by atoms with E-state index in [-0.39, 0.29) is 17.4 Å². The number of ether oxygens (including phenoxy) is 2. The van der Waals surface area contributed by atoms with E-state index in [2.05, 4.69) is 5.32 Å². The summed E-state index contributed by atoms with van der Waals surface area (Å²) in [5.74, 6) is 1.41. The minimum atomic E-state index is 0.134. The van der Waals surface area contributed by atoms with E-state index in [1.54, 1.807) is 26.4 Å². The second kappa shape index (κ2) is 5.77. The van der Waals surface area contributed by atoms with E-state index in [1.807, 2.05) is 18.2 Å². The van der Waals surface area contributed by atoms with Gasteiger partial charge in [0, 0.05) is 5.56 Å². The van der Waals surface area contributed by atoms with E-state index < -0.39 is 0 Å². The van der Waals surface area contributed by atoms with Gasteiger partial charge < -0.3 is 25.0 Å². The minimum Gasteiger partial charge on any atom is -0.504 e. The molecule has 0 saturated heterocycles. The maximum atomic E-state index is 9.95. The van der Waals surface area contributed by atoms with Crippen molar-refractivity contribution in [2.24, 2.45) is 0 Å². The van der Waals surface area contributed by atoms with Gasteiger partial charge in [-0.1, -0.05) is 6.07 Å². The molecule has 0 aromatic heterocycles. The molecule has 4 N–H and O–H groups in total. The summed E-state index contributed by atoms with van der Waals surface area (Å²) in [7, 11) is 3.09. The van der Waals surface area contributed by atoms with Gasteiger partial charge in [-0.05, 0) is 35.4 Å². The predicted octanol–water partition coefficient (Wildman–Crippen LogP) is 1.32. The highest BCUT2D eigenvalue weighted by Gasteiger charge is 2.27. The van der Waals surface area contributed by atoms with Crippen molar-refractivity contribution in [1.29, 1.82) is 0 Å². The number of phenols is 2. The lowest BCUT2D eigenvalue weighted by Gasteiger charge is -2.25. The minimum absolute atomic E-state index is 0.134. The van der Waals surface area contributed by atoms with Crippen molar-refractivity contribution < 1.29 is 25.0 Å². The van der Waals surface area contributed by atoms with Gasteiger partial charge in [-0.15, -0.1) is 0 Å². The fourth-order valence-corrected chi connectivity index (χ4v) is 3.05. The van der Waals surface area contributed by atoms with Gasteiger partial charge in [-0.25, -0.2) is 0 Å². The zero-order chi connectivity index (χ0) is 15.7. The summed E-state index contributed by atoms with van der Waals surface area (Å²) in [6.45, 7) is 1.73. The molecule has 1 aliphatic rings. The third-order valence-electron chi connectivity index (χ3n) is 4.19. The number of nitrogens with two attached hydrogens (primary N) is 1. The van der Waals surface area contributed by atoms with E-state index in [4.69, 9.17) is 9.47 Å². The molecule has 1 heterocycles. The summed E-state index contributed by atoms with van der Waals surface area (Å²) < 4.78 is 10.4. The van der Waals surface area contributed by atoms with Crippen LogP contribution in [0.15, 0.2) is 30.3 Å². The van der Waals surface area contributed by atoms with Gasteiger partial charge in [0.2, 0.25) is 0 Å². The normalized spacial score (nSPS) is 16.9. The van der Waals surface area contributed by atoms with Crippen LogP contribution >= 0.6 is 0 Å². The monoisotopic (exact) mass is 302 g/mol. The van der Waals surface area contributed by atoms with Gasteiger partial charge in [0.15, 0.2) is 23.0 Å². The van der Waals surface area contributed by atoms with E-state index >= 15 is 0 Å². The van der Waals surface area contributed by atoms with Crippen LogP contribution in [-0.2, 0) is 6.54 Å². The van der Waals surface area contributed by atoms with Crippen LogP contribution in [0.1, 0.15) is 22.6 Å². The smallest absolute Gasteiger partial charge is 0.160 e. The van der Waals surface area contributed by atoms with Crippen LogP contribution in [-0.4, -0.2) is 31.0 Å². The Morgan fingerprint density at radius 3 is 2.45 bits per heavy atom.